The van der Waals surface area contributed by atoms with Gasteiger partial charge in [-0.25, -0.2) is 4.98 Å². The fraction of sp³-hybridized carbons (Fsp3) is 0.136. The molecule has 1 N–H and O–H groups in total. The molecular weight excluding hydrogens is 416 g/mol. The van der Waals surface area contributed by atoms with E-state index >= 15 is 0 Å². The van der Waals surface area contributed by atoms with Gasteiger partial charge in [-0.3, -0.25) is 4.79 Å². The number of thiazole rings is 1. The van der Waals surface area contributed by atoms with Crippen LogP contribution in [0.25, 0.3) is 16.4 Å². The van der Waals surface area contributed by atoms with Crippen molar-refractivity contribution < 1.29 is 9.53 Å². The van der Waals surface area contributed by atoms with Gasteiger partial charge in [-0.2, -0.15) is 9.78 Å². The number of carbonyl (C=O) groups excluding carboxylic acids is 1. The SMILES string of the molecule is COc1cccc(-c2csc(-n3nc(C)cc3NC(=O)c3ccccc3SC)n2)c1. The summed E-state index contributed by atoms with van der Waals surface area (Å²) in [5.74, 6) is 1.18. The van der Waals surface area contributed by atoms with Crippen LogP contribution in [0.1, 0.15) is 16.1 Å². The fourth-order valence-electron chi connectivity index (χ4n) is 3.03. The number of hydrogen-bond donors (Lipinski definition) is 1. The molecule has 30 heavy (non-hydrogen) atoms. The van der Waals surface area contributed by atoms with Crippen LogP contribution in [0.5, 0.6) is 5.75 Å². The Hall–Kier alpha value is -3.10. The Bertz CT molecular complexity index is 1200. The lowest BCUT2D eigenvalue weighted by atomic mass is 10.2. The molecule has 0 aliphatic rings. The molecule has 1 amide bonds. The Kier molecular flexibility index (Phi) is 5.87. The molecule has 0 aliphatic heterocycles. The highest BCUT2D eigenvalue weighted by Crippen LogP contribution is 2.29. The molecule has 0 fully saturated rings. The van der Waals surface area contributed by atoms with E-state index in [1.54, 1.807) is 23.6 Å². The van der Waals surface area contributed by atoms with Gasteiger partial charge in [0.05, 0.1) is 24.1 Å². The molecule has 0 spiro atoms. The average molecular weight is 437 g/mol. The number of methoxy groups -OCH3 is 1. The second-order valence-electron chi connectivity index (χ2n) is 6.48. The van der Waals surface area contributed by atoms with Crippen LogP contribution in [0.3, 0.4) is 0 Å². The summed E-state index contributed by atoms with van der Waals surface area (Å²) in [6.07, 6.45) is 1.95. The van der Waals surface area contributed by atoms with Crippen molar-refractivity contribution in [2.75, 3.05) is 18.7 Å². The second-order valence-corrected chi connectivity index (χ2v) is 8.17. The maximum Gasteiger partial charge on any atom is 0.257 e. The van der Waals surface area contributed by atoms with E-state index in [2.05, 4.69) is 10.4 Å². The van der Waals surface area contributed by atoms with E-state index in [0.29, 0.717) is 16.5 Å². The van der Waals surface area contributed by atoms with Gasteiger partial charge in [0.2, 0.25) is 5.13 Å². The van der Waals surface area contributed by atoms with E-state index in [-0.39, 0.29) is 5.91 Å². The molecule has 0 unspecified atom stereocenters. The first-order chi connectivity index (χ1) is 14.6. The molecular formula is C22H20N4O2S2. The molecule has 0 bridgehead atoms. The lowest BCUT2D eigenvalue weighted by molar-refractivity contribution is 0.102. The van der Waals surface area contributed by atoms with Crippen LogP contribution < -0.4 is 10.1 Å². The van der Waals surface area contributed by atoms with Gasteiger partial charge < -0.3 is 10.1 Å². The zero-order chi connectivity index (χ0) is 21.1. The number of thioether (sulfide) groups is 1. The van der Waals surface area contributed by atoms with Crippen molar-refractivity contribution in [2.24, 2.45) is 0 Å². The maximum atomic E-state index is 12.9. The van der Waals surface area contributed by atoms with Crippen LogP contribution in [0.15, 0.2) is 64.9 Å². The number of aromatic nitrogens is 3. The predicted molar refractivity (Wildman–Crippen MR) is 122 cm³/mol. The van der Waals surface area contributed by atoms with Gasteiger partial charge in [0.25, 0.3) is 5.91 Å². The second kappa shape index (κ2) is 8.73. The fourth-order valence-corrected chi connectivity index (χ4v) is 4.42. The number of ether oxygens (including phenoxy) is 1. The summed E-state index contributed by atoms with van der Waals surface area (Å²) in [6, 6.07) is 17.1. The number of amides is 1. The first-order valence-electron chi connectivity index (χ1n) is 9.20. The van der Waals surface area contributed by atoms with Gasteiger partial charge in [0.15, 0.2) is 0 Å². The lowest BCUT2D eigenvalue weighted by Crippen LogP contribution is -2.15. The van der Waals surface area contributed by atoms with Crippen molar-refractivity contribution in [1.29, 1.82) is 0 Å². The molecule has 2 aromatic carbocycles. The van der Waals surface area contributed by atoms with Crippen LogP contribution in [0.2, 0.25) is 0 Å². The molecule has 0 radical (unpaired) electrons. The van der Waals surface area contributed by atoms with Gasteiger partial charge in [0, 0.05) is 21.9 Å². The summed E-state index contributed by atoms with van der Waals surface area (Å²) < 4.78 is 6.97. The van der Waals surface area contributed by atoms with Gasteiger partial charge in [-0.1, -0.05) is 24.3 Å². The molecule has 8 heteroatoms. The largest absolute Gasteiger partial charge is 0.497 e. The normalized spacial score (nSPS) is 10.8. The topological polar surface area (TPSA) is 69.0 Å². The molecule has 6 nitrogen and oxygen atoms in total. The molecule has 0 atom stereocenters. The predicted octanol–water partition coefficient (Wildman–Crippen LogP) is 5.29. The summed E-state index contributed by atoms with van der Waals surface area (Å²) in [7, 11) is 1.64. The molecule has 0 saturated heterocycles. The smallest absolute Gasteiger partial charge is 0.257 e. The molecule has 0 saturated carbocycles. The van der Waals surface area contributed by atoms with Crippen LogP contribution >= 0.6 is 23.1 Å². The average Bonchev–Trinajstić information content (AvgIpc) is 3.40. The number of aryl methyl sites for hydroxylation is 1. The number of nitrogens with one attached hydrogen (secondary N) is 1. The first-order valence-corrected chi connectivity index (χ1v) is 11.3. The van der Waals surface area contributed by atoms with Crippen LogP contribution in [-0.4, -0.2) is 34.0 Å². The molecule has 0 aliphatic carbocycles. The Labute approximate surface area is 182 Å². The number of anilines is 1. The number of nitrogens with zero attached hydrogens (tertiary/aromatic N) is 3. The Morgan fingerprint density at radius 1 is 1.17 bits per heavy atom. The van der Waals surface area contributed by atoms with Crippen LogP contribution in [-0.2, 0) is 0 Å². The van der Waals surface area contributed by atoms with Gasteiger partial charge in [-0.15, -0.1) is 23.1 Å². The Morgan fingerprint density at radius 3 is 2.80 bits per heavy atom. The number of benzene rings is 2. The number of hydrogen-bond acceptors (Lipinski definition) is 6. The summed E-state index contributed by atoms with van der Waals surface area (Å²) in [5.41, 5.74) is 3.21. The molecule has 2 heterocycles. The highest BCUT2D eigenvalue weighted by atomic mass is 32.2. The van der Waals surface area contributed by atoms with E-state index in [4.69, 9.17) is 9.72 Å². The van der Waals surface area contributed by atoms with Crippen molar-refractivity contribution in [2.45, 2.75) is 11.8 Å². The molecule has 2 aromatic heterocycles. The number of rotatable bonds is 6. The van der Waals surface area contributed by atoms with Crippen LogP contribution in [0, 0.1) is 6.92 Å². The standard InChI is InChI=1S/C22H20N4O2S2/c1-14-11-20(24-21(27)17-9-4-5-10-19(17)29-3)26(25-14)22-23-18(13-30-22)15-7-6-8-16(12-15)28-2/h4-13H,1-3H3,(H,24,27). The lowest BCUT2D eigenvalue weighted by Gasteiger charge is -2.09. The Balaban J connectivity index is 1.64. The highest BCUT2D eigenvalue weighted by molar-refractivity contribution is 7.98. The van der Waals surface area contributed by atoms with E-state index in [9.17, 15) is 4.79 Å². The van der Waals surface area contributed by atoms with Crippen molar-refractivity contribution in [1.82, 2.24) is 14.8 Å². The number of carbonyl (C=O) groups is 1. The minimum absolute atomic E-state index is 0.175. The third kappa shape index (κ3) is 4.10. The third-order valence-electron chi connectivity index (χ3n) is 4.46. The van der Waals surface area contributed by atoms with Gasteiger partial charge >= 0.3 is 0 Å². The zero-order valence-corrected chi connectivity index (χ0v) is 18.4. The minimum Gasteiger partial charge on any atom is -0.497 e. The highest BCUT2D eigenvalue weighted by Gasteiger charge is 2.17. The zero-order valence-electron chi connectivity index (χ0n) is 16.7. The summed E-state index contributed by atoms with van der Waals surface area (Å²) in [5, 5.41) is 10.2. The maximum absolute atomic E-state index is 12.9. The Morgan fingerprint density at radius 2 is 2.00 bits per heavy atom. The summed E-state index contributed by atoms with van der Waals surface area (Å²) >= 11 is 3.00. The van der Waals surface area contributed by atoms with Crippen molar-refractivity contribution >= 4 is 34.8 Å². The summed E-state index contributed by atoms with van der Waals surface area (Å²) in [4.78, 5) is 18.5. The first kappa shape index (κ1) is 20.2. The quantitative estimate of drug-likeness (QED) is 0.416. The van der Waals surface area contributed by atoms with E-state index < -0.39 is 0 Å². The van der Waals surface area contributed by atoms with E-state index in [1.807, 2.05) is 73.2 Å². The third-order valence-corrected chi connectivity index (χ3v) is 6.08. The van der Waals surface area contributed by atoms with E-state index in [1.165, 1.54) is 11.3 Å². The summed E-state index contributed by atoms with van der Waals surface area (Å²) in [6.45, 7) is 1.89. The minimum atomic E-state index is -0.175. The molecule has 4 rings (SSSR count). The van der Waals surface area contributed by atoms with Gasteiger partial charge in [-0.05, 0) is 37.4 Å². The van der Waals surface area contributed by atoms with Crippen molar-refractivity contribution in [3.8, 4) is 22.1 Å². The van der Waals surface area contributed by atoms with Gasteiger partial charge in [0.1, 0.15) is 11.6 Å². The monoisotopic (exact) mass is 436 g/mol. The van der Waals surface area contributed by atoms with Crippen LogP contribution in [0.4, 0.5) is 5.82 Å². The molecule has 152 valence electrons. The van der Waals surface area contributed by atoms with Crippen molar-refractivity contribution in [3.05, 3.63) is 71.2 Å². The molecule has 4 aromatic rings. The van der Waals surface area contributed by atoms with E-state index in [0.717, 1.165) is 27.6 Å². The van der Waals surface area contributed by atoms with Crippen molar-refractivity contribution in [3.63, 3.8) is 0 Å².